The van der Waals surface area contributed by atoms with E-state index in [-0.39, 0.29) is 6.42 Å². The Morgan fingerprint density at radius 1 is 1.42 bits per heavy atom. The maximum absolute atomic E-state index is 10.6. The second-order valence-corrected chi connectivity index (χ2v) is 5.95. The number of carboxylic acid groups (broad SMARTS) is 1. The van der Waals surface area contributed by atoms with Crippen LogP contribution in [0.15, 0.2) is 27.7 Å². The van der Waals surface area contributed by atoms with Crippen LogP contribution in [0, 0.1) is 0 Å². The van der Waals surface area contributed by atoms with Gasteiger partial charge in [-0.15, -0.1) is 11.8 Å². The summed E-state index contributed by atoms with van der Waals surface area (Å²) in [5.41, 5.74) is 0.896. The molecule has 0 unspecified atom stereocenters. The first kappa shape index (κ1) is 14.3. The molecule has 0 aliphatic heterocycles. The number of aryl methyl sites for hydroxylation is 1. The molecule has 1 aromatic carbocycles. The Hall–Kier alpha value is -1.14. The SMILES string of the molecule is CCc1nc(SCCC(=O)O)c2cc(Br)ccc2n1. The second kappa shape index (κ2) is 6.34. The van der Waals surface area contributed by atoms with Gasteiger partial charge in [0.05, 0.1) is 11.9 Å². The normalized spacial score (nSPS) is 10.8. The molecule has 0 amide bonds. The average molecular weight is 341 g/mol. The van der Waals surface area contributed by atoms with Crippen molar-refractivity contribution in [2.75, 3.05) is 5.75 Å². The zero-order chi connectivity index (χ0) is 13.8. The van der Waals surface area contributed by atoms with E-state index in [0.29, 0.717) is 5.75 Å². The average Bonchev–Trinajstić information content (AvgIpc) is 2.38. The predicted molar refractivity (Wildman–Crippen MR) is 79.6 cm³/mol. The fraction of sp³-hybridized carbons (Fsp3) is 0.308. The standard InChI is InChI=1S/C13H13BrN2O2S/c1-2-11-15-10-4-3-8(14)7-9(10)13(16-11)19-6-5-12(17)18/h3-4,7H,2,5-6H2,1H3,(H,17,18). The van der Waals surface area contributed by atoms with Crippen LogP contribution in [-0.4, -0.2) is 26.8 Å². The van der Waals surface area contributed by atoms with Gasteiger partial charge in [0.15, 0.2) is 0 Å². The Labute approximate surface area is 123 Å². The lowest BCUT2D eigenvalue weighted by Gasteiger charge is -2.07. The van der Waals surface area contributed by atoms with Crippen LogP contribution < -0.4 is 0 Å². The number of hydrogen-bond donors (Lipinski definition) is 1. The third-order valence-corrected chi connectivity index (χ3v) is 4.03. The number of benzene rings is 1. The maximum atomic E-state index is 10.6. The topological polar surface area (TPSA) is 63.1 Å². The van der Waals surface area contributed by atoms with E-state index in [0.717, 1.165) is 32.6 Å². The molecule has 0 atom stereocenters. The monoisotopic (exact) mass is 340 g/mol. The number of halogens is 1. The van der Waals surface area contributed by atoms with E-state index in [1.165, 1.54) is 11.8 Å². The van der Waals surface area contributed by atoms with Gasteiger partial charge in [0.1, 0.15) is 10.9 Å². The molecule has 0 saturated heterocycles. The molecule has 100 valence electrons. The summed E-state index contributed by atoms with van der Waals surface area (Å²) in [6, 6.07) is 5.86. The molecule has 0 spiro atoms. The molecule has 4 nitrogen and oxygen atoms in total. The molecule has 2 aromatic rings. The van der Waals surface area contributed by atoms with Gasteiger partial charge in [-0.25, -0.2) is 9.97 Å². The van der Waals surface area contributed by atoms with Crippen molar-refractivity contribution in [3.8, 4) is 0 Å². The number of nitrogens with zero attached hydrogens (tertiary/aromatic N) is 2. The minimum Gasteiger partial charge on any atom is -0.481 e. The van der Waals surface area contributed by atoms with Gasteiger partial charge in [0.2, 0.25) is 0 Å². The third-order valence-electron chi connectivity index (χ3n) is 2.54. The Bertz CT molecular complexity index is 619. The molecule has 0 aliphatic rings. The van der Waals surface area contributed by atoms with Crippen LogP contribution >= 0.6 is 27.7 Å². The van der Waals surface area contributed by atoms with Crippen molar-refractivity contribution in [1.29, 1.82) is 0 Å². The summed E-state index contributed by atoms with van der Waals surface area (Å²) in [6.45, 7) is 2.01. The Morgan fingerprint density at radius 3 is 2.89 bits per heavy atom. The van der Waals surface area contributed by atoms with Crippen LogP contribution in [0.3, 0.4) is 0 Å². The quantitative estimate of drug-likeness (QED) is 0.666. The van der Waals surface area contributed by atoms with Crippen molar-refractivity contribution >= 4 is 44.6 Å². The van der Waals surface area contributed by atoms with Crippen LogP contribution in [0.25, 0.3) is 10.9 Å². The molecule has 19 heavy (non-hydrogen) atoms. The molecule has 0 fully saturated rings. The lowest BCUT2D eigenvalue weighted by Crippen LogP contribution is -1.99. The molecule has 1 heterocycles. The van der Waals surface area contributed by atoms with Crippen LogP contribution in [-0.2, 0) is 11.2 Å². The zero-order valence-electron chi connectivity index (χ0n) is 10.4. The number of thioether (sulfide) groups is 1. The number of carboxylic acids is 1. The van der Waals surface area contributed by atoms with E-state index in [9.17, 15) is 4.79 Å². The molecular weight excluding hydrogens is 328 g/mol. The van der Waals surface area contributed by atoms with Gasteiger partial charge in [0, 0.05) is 22.0 Å². The van der Waals surface area contributed by atoms with Gasteiger partial charge in [-0.05, 0) is 18.2 Å². The van der Waals surface area contributed by atoms with E-state index in [2.05, 4.69) is 25.9 Å². The molecule has 1 N–H and O–H groups in total. The van der Waals surface area contributed by atoms with Gasteiger partial charge < -0.3 is 5.11 Å². The summed E-state index contributed by atoms with van der Waals surface area (Å²) in [6.07, 6.45) is 0.893. The zero-order valence-corrected chi connectivity index (χ0v) is 12.8. The van der Waals surface area contributed by atoms with Crippen molar-refractivity contribution in [2.24, 2.45) is 0 Å². The van der Waals surface area contributed by atoms with Crippen molar-refractivity contribution < 1.29 is 9.90 Å². The minimum atomic E-state index is -0.789. The van der Waals surface area contributed by atoms with Gasteiger partial charge in [0.25, 0.3) is 0 Å². The van der Waals surface area contributed by atoms with Crippen LogP contribution in [0.5, 0.6) is 0 Å². The summed E-state index contributed by atoms with van der Waals surface area (Å²) >= 11 is 4.90. The van der Waals surface area contributed by atoms with Crippen LogP contribution in [0.4, 0.5) is 0 Å². The van der Waals surface area contributed by atoms with E-state index in [4.69, 9.17) is 5.11 Å². The summed E-state index contributed by atoms with van der Waals surface area (Å²) in [5, 5.41) is 10.5. The number of fused-ring (bicyclic) bond motifs is 1. The fourth-order valence-corrected chi connectivity index (χ4v) is 2.94. The fourth-order valence-electron chi connectivity index (χ4n) is 1.62. The van der Waals surface area contributed by atoms with Crippen molar-refractivity contribution in [2.45, 2.75) is 24.8 Å². The largest absolute Gasteiger partial charge is 0.481 e. The molecule has 0 bridgehead atoms. The van der Waals surface area contributed by atoms with Crippen LogP contribution in [0.2, 0.25) is 0 Å². The van der Waals surface area contributed by atoms with Crippen molar-refractivity contribution in [3.63, 3.8) is 0 Å². The Morgan fingerprint density at radius 2 is 2.21 bits per heavy atom. The lowest BCUT2D eigenvalue weighted by atomic mass is 10.2. The van der Waals surface area contributed by atoms with E-state index < -0.39 is 5.97 Å². The first-order chi connectivity index (χ1) is 9.10. The predicted octanol–water partition coefficient (Wildman–Crippen LogP) is 3.52. The summed E-state index contributed by atoms with van der Waals surface area (Å²) < 4.78 is 0.966. The minimum absolute atomic E-state index is 0.131. The smallest absolute Gasteiger partial charge is 0.304 e. The molecule has 1 aromatic heterocycles. The van der Waals surface area contributed by atoms with Crippen LogP contribution in [0.1, 0.15) is 19.2 Å². The van der Waals surface area contributed by atoms with Crippen molar-refractivity contribution in [3.05, 3.63) is 28.5 Å². The second-order valence-electron chi connectivity index (χ2n) is 3.95. The molecule has 0 radical (unpaired) electrons. The summed E-state index contributed by atoms with van der Waals surface area (Å²) in [4.78, 5) is 19.5. The van der Waals surface area contributed by atoms with E-state index in [1.54, 1.807) is 0 Å². The summed E-state index contributed by atoms with van der Waals surface area (Å²) in [7, 11) is 0. The molecule has 2 rings (SSSR count). The van der Waals surface area contributed by atoms with Crippen molar-refractivity contribution in [1.82, 2.24) is 9.97 Å². The summed E-state index contributed by atoms with van der Waals surface area (Å²) in [5.74, 6) is 0.507. The first-order valence-electron chi connectivity index (χ1n) is 5.91. The van der Waals surface area contributed by atoms with Gasteiger partial charge in [-0.2, -0.15) is 0 Å². The highest BCUT2D eigenvalue weighted by Crippen LogP contribution is 2.28. The third kappa shape index (κ3) is 3.67. The number of carbonyl (C=O) groups is 1. The number of aliphatic carboxylic acids is 1. The first-order valence-corrected chi connectivity index (χ1v) is 7.68. The highest BCUT2D eigenvalue weighted by Gasteiger charge is 2.09. The lowest BCUT2D eigenvalue weighted by molar-refractivity contribution is -0.136. The molecule has 0 saturated carbocycles. The Kier molecular flexibility index (Phi) is 4.76. The number of hydrogen-bond acceptors (Lipinski definition) is 4. The molecular formula is C13H13BrN2O2S. The maximum Gasteiger partial charge on any atom is 0.304 e. The number of rotatable bonds is 5. The van der Waals surface area contributed by atoms with Gasteiger partial charge >= 0.3 is 5.97 Å². The highest BCUT2D eigenvalue weighted by molar-refractivity contribution is 9.10. The van der Waals surface area contributed by atoms with E-state index >= 15 is 0 Å². The van der Waals surface area contributed by atoms with Gasteiger partial charge in [-0.1, -0.05) is 22.9 Å². The van der Waals surface area contributed by atoms with E-state index in [1.807, 2.05) is 25.1 Å². The number of aromatic nitrogens is 2. The van der Waals surface area contributed by atoms with Gasteiger partial charge in [-0.3, -0.25) is 4.79 Å². The molecule has 6 heteroatoms. The highest BCUT2D eigenvalue weighted by atomic mass is 79.9. The Balaban J connectivity index is 2.38. The molecule has 0 aliphatic carbocycles.